The molecular formula is C22H22N8O2. The van der Waals surface area contributed by atoms with Gasteiger partial charge in [0.15, 0.2) is 5.82 Å². The quantitative estimate of drug-likeness (QED) is 0.581. The number of nitrogens with zero attached hydrogens (tertiary/aromatic N) is 6. The van der Waals surface area contributed by atoms with Crippen LogP contribution in [-0.2, 0) is 18.4 Å². The fourth-order valence-electron chi connectivity index (χ4n) is 3.64. The molecule has 0 spiro atoms. The lowest BCUT2D eigenvalue weighted by Gasteiger charge is -2.36. The SMILES string of the molecule is C=CC(=O)Nc1cccc(N2C(=O)N(C3CC3)Cc3cnc(Nc4nccn4C)nc32)c1. The Labute approximate surface area is 184 Å². The summed E-state index contributed by atoms with van der Waals surface area (Å²) in [6.45, 7) is 3.94. The summed E-state index contributed by atoms with van der Waals surface area (Å²) in [5.74, 6) is 1.11. The van der Waals surface area contributed by atoms with Gasteiger partial charge in [-0.25, -0.2) is 19.7 Å². The van der Waals surface area contributed by atoms with Gasteiger partial charge in [-0.1, -0.05) is 12.6 Å². The maximum Gasteiger partial charge on any atom is 0.330 e. The van der Waals surface area contributed by atoms with E-state index in [1.165, 1.54) is 6.08 Å². The number of hydrogen-bond acceptors (Lipinski definition) is 6. The van der Waals surface area contributed by atoms with Crippen LogP contribution in [0.4, 0.5) is 33.9 Å². The first-order valence-electron chi connectivity index (χ1n) is 10.3. The molecule has 1 saturated carbocycles. The fraction of sp³-hybridized carbons (Fsp3) is 0.227. The van der Waals surface area contributed by atoms with Crippen molar-refractivity contribution in [3.63, 3.8) is 0 Å². The molecule has 0 saturated heterocycles. The third-order valence-corrected chi connectivity index (χ3v) is 5.42. The molecule has 1 aromatic carbocycles. The molecule has 0 atom stereocenters. The number of carbonyl (C=O) groups is 2. The summed E-state index contributed by atoms with van der Waals surface area (Å²) in [6.07, 6.45) is 8.41. The van der Waals surface area contributed by atoms with Gasteiger partial charge in [0.2, 0.25) is 17.8 Å². The Balaban J connectivity index is 1.55. The van der Waals surface area contributed by atoms with E-state index in [4.69, 9.17) is 0 Å². The first-order chi connectivity index (χ1) is 15.5. The van der Waals surface area contributed by atoms with Crippen LogP contribution in [0.2, 0.25) is 0 Å². The molecule has 162 valence electrons. The number of imidazole rings is 1. The number of urea groups is 1. The molecule has 1 aliphatic carbocycles. The molecule has 10 heteroatoms. The summed E-state index contributed by atoms with van der Waals surface area (Å²) in [5, 5.41) is 5.83. The number of aromatic nitrogens is 4. The van der Waals surface area contributed by atoms with Crippen molar-refractivity contribution in [1.82, 2.24) is 24.4 Å². The van der Waals surface area contributed by atoms with Crippen molar-refractivity contribution in [3.05, 3.63) is 61.1 Å². The van der Waals surface area contributed by atoms with E-state index in [9.17, 15) is 9.59 Å². The number of benzene rings is 1. The summed E-state index contributed by atoms with van der Waals surface area (Å²) in [5.41, 5.74) is 2.01. The van der Waals surface area contributed by atoms with E-state index in [2.05, 4.69) is 32.2 Å². The van der Waals surface area contributed by atoms with E-state index < -0.39 is 0 Å². The second-order valence-corrected chi connectivity index (χ2v) is 7.75. The molecule has 5 rings (SSSR count). The van der Waals surface area contributed by atoms with Gasteiger partial charge in [-0.15, -0.1) is 0 Å². The Hall–Kier alpha value is -4.21. The van der Waals surface area contributed by atoms with Crippen LogP contribution in [0.1, 0.15) is 18.4 Å². The molecular weight excluding hydrogens is 408 g/mol. The number of anilines is 5. The normalized spacial score (nSPS) is 15.3. The standard InChI is InChI=1S/C22H22N8O2/c1-3-18(31)25-15-5-4-6-17(11-15)30-19-14(13-29(22(30)32)16-7-8-16)12-24-20(26-19)27-21-23-9-10-28(21)2/h3-6,9-12,16H,1,7-8,13H2,2H3,(H,25,31)(H,23,24,26,27). The van der Waals surface area contributed by atoms with Crippen LogP contribution in [0.5, 0.6) is 0 Å². The molecule has 32 heavy (non-hydrogen) atoms. The molecule has 2 aromatic heterocycles. The summed E-state index contributed by atoms with van der Waals surface area (Å²) in [4.78, 5) is 42.0. The molecule has 2 N–H and O–H groups in total. The fourth-order valence-corrected chi connectivity index (χ4v) is 3.64. The number of fused-ring (bicyclic) bond motifs is 1. The van der Waals surface area contributed by atoms with Crippen LogP contribution in [0.3, 0.4) is 0 Å². The lowest BCUT2D eigenvalue weighted by atomic mass is 10.1. The molecule has 1 aliphatic heterocycles. The van der Waals surface area contributed by atoms with Crippen molar-refractivity contribution in [1.29, 1.82) is 0 Å². The average molecular weight is 430 g/mol. The third kappa shape index (κ3) is 3.66. The zero-order valence-corrected chi connectivity index (χ0v) is 17.5. The minimum absolute atomic E-state index is 0.145. The summed E-state index contributed by atoms with van der Waals surface area (Å²) < 4.78 is 1.81. The van der Waals surface area contributed by atoms with Gasteiger partial charge in [-0.05, 0) is 37.1 Å². The summed E-state index contributed by atoms with van der Waals surface area (Å²) in [6, 6.07) is 7.18. The van der Waals surface area contributed by atoms with Crippen LogP contribution in [0.25, 0.3) is 0 Å². The summed E-state index contributed by atoms with van der Waals surface area (Å²) >= 11 is 0. The van der Waals surface area contributed by atoms with Gasteiger partial charge in [0.05, 0.1) is 12.2 Å². The van der Waals surface area contributed by atoms with Crippen LogP contribution in [-0.4, -0.2) is 42.4 Å². The van der Waals surface area contributed by atoms with E-state index in [1.807, 2.05) is 28.8 Å². The topological polar surface area (TPSA) is 108 Å². The first kappa shape index (κ1) is 19.7. The van der Waals surface area contributed by atoms with Crippen LogP contribution >= 0.6 is 0 Å². The molecule has 0 bridgehead atoms. The molecule has 0 unspecified atom stereocenters. The second kappa shape index (κ2) is 7.80. The molecule has 3 heterocycles. The summed E-state index contributed by atoms with van der Waals surface area (Å²) in [7, 11) is 1.86. The van der Waals surface area contributed by atoms with Crippen LogP contribution in [0, 0.1) is 0 Å². The number of nitrogens with one attached hydrogen (secondary N) is 2. The highest BCUT2D eigenvalue weighted by Crippen LogP contribution is 2.39. The van der Waals surface area contributed by atoms with Gasteiger partial charge in [0, 0.05) is 42.9 Å². The first-order valence-corrected chi connectivity index (χ1v) is 10.3. The monoisotopic (exact) mass is 430 g/mol. The van der Waals surface area contributed by atoms with Crippen LogP contribution < -0.4 is 15.5 Å². The Kier molecular flexibility index (Phi) is 4.81. The molecule has 3 amide bonds. The predicted octanol–water partition coefficient (Wildman–Crippen LogP) is 3.31. The van der Waals surface area contributed by atoms with Crippen molar-refractivity contribution in [2.75, 3.05) is 15.5 Å². The Bertz CT molecular complexity index is 1220. The van der Waals surface area contributed by atoms with Crippen molar-refractivity contribution < 1.29 is 9.59 Å². The van der Waals surface area contributed by atoms with Gasteiger partial charge in [-0.3, -0.25) is 10.1 Å². The minimum atomic E-state index is -0.323. The van der Waals surface area contributed by atoms with Gasteiger partial charge < -0.3 is 14.8 Å². The van der Waals surface area contributed by atoms with E-state index in [1.54, 1.807) is 35.5 Å². The number of hydrogen-bond donors (Lipinski definition) is 2. The van der Waals surface area contributed by atoms with Crippen molar-refractivity contribution >= 4 is 41.0 Å². The molecule has 2 aliphatic rings. The van der Waals surface area contributed by atoms with Crippen molar-refractivity contribution in [3.8, 4) is 0 Å². The smallest absolute Gasteiger partial charge is 0.322 e. The maximum absolute atomic E-state index is 13.5. The Morgan fingerprint density at radius 2 is 2.12 bits per heavy atom. The minimum Gasteiger partial charge on any atom is -0.322 e. The van der Waals surface area contributed by atoms with E-state index >= 15 is 0 Å². The zero-order chi connectivity index (χ0) is 22.2. The average Bonchev–Trinajstić information content (AvgIpc) is 3.56. The number of amides is 3. The number of rotatable bonds is 6. The van der Waals surface area contributed by atoms with E-state index in [0.717, 1.165) is 18.4 Å². The van der Waals surface area contributed by atoms with Crippen molar-refractivity contribution in [2.24, 2.45) is 7.05 Å². The number of aryl methyl sites for hydroxylation is 1. The third-order valence-electron chi connectivity index (χ3n) is 5.42. The highest BCUT2D eigenvalue weighted by molar-refractivity contribution is 6.03. The molecule has 1 fully saturated rings. The lowest BCUT2D eigenvalue weighted by Crippen LogP contribution is -2.46. The Morgan fingerprint density at radius 3 is 2.84 bits per heavy atom. The van der Waals surface area contributed by atoms with Gasteiger partial charge in [0.25, 0.3) is 0 Å². The van der Waals surface area contributed by atoms with Gasteiger partial charge >= 0.3 is 6.03 Å². The zero-order valence-electron chi connectivity index (χ0n) is 17.5. The predicted molar refractivity (Wildman–Crippen MR) is 120 cm³/mol. The van der Waals surface area contributed by atoms with Crippen molar-refractivity contribution in [2.45, 2.75) is 25.4 Å². The number of carbonyl (C=O) groups excluding carboxylic acids is 2. The molecule has 10 nitrogen and oxygen atoms in total. The maximum atomic E-state index is 13.5. The van der Waals surface area contributed by atoms with Crippen LogP contribution in [0.15, 0.2) is 55.5 Å². The highest BCUT2D eigenvalue weighted by atomic mass is 16.2. The van der Waals surface area contributed by atoms with Gasteiger partial charge in [-0.2, -0.15) is 4.98 Å². The van der Waals surface area contributed by atoms with E-state index in [0.29, 0.717) is 35.6 Å². The lowest BCUT2D eigenvalue weighted by molar-refractivity contribution is -0.111. The van der Waals surface area contributed by atoms with Gasteiger partial charge in [0.1, 0.15) is 0 Å². The largest absolute Gasteiger partial charge is 0.330 e. The molecule has 3 aromatic rings. The highest BCUT2D eigenvalue weighted by Gasteiger charge is 2.41. The molecule has 0 radical (unpaired) electrons. The van der Waals surface area contributed by atoms with E-state index in [-0.39, 0.29) is 18.0 Å². The second-order valence-electron chi connectivity index (χ2n) is 7.75. The Morgan fingerprint density at radius 1 is 1.28 bits per heavy atom.